The Bertz CT molecular complexity index is 988. The van der Waals surface area contributed by atoms with Crippen LogP contribution < -0.4 is 15.4 Å². The number of benzene rings is 1. The van der Waals surface area contributed by atoms with Gasteiger partial charge in [0.2, 0.25) is 17.7 Å². The Balaban J connectivity index is 1.73. The number of alkyl halides is 1. The van der Waals surface area contributed by atoms with Gasteiger partial charge in [-0.15, -0.1) is 0 Å². The lowest BCUT2D eigenvalue weighted by Gasteiger charge is -2.37. The van der Waals surface area contributed by atoms with E-state index in [1.807, 2.05) is 20.8 Å². The number of aliphatic hydroxyl groups is 1. The molecule has 0 aliphatic carbocycles. The Labute approximate surface area is 220 Å². The predicted octanol–water partition coefficient (Wildman–Crippen LogP) is 2.31. The molecule has 3 aliphatic heterocycles. The van der Waals surface area contributed by atoms with Crippen LogP contribution in [0, 0.1) is 17.8 Å². The number of halogens is 1. The van der Waals surface area contributed by atoms with E-state index >= 15 is 0 Å². The summed E-state index contributed by atoms with van der Waals surface area (Å²) in [6.45, 7) is 6.19. The summed E-state index contributed by atoms with van der Waals surface area (Å²) in [6.07, 6.45) is 1.20. The van der Waals surface area contributed by atoms with E-state index in [2.05, 4.69) is 26.6 Å². The molecule has 2 bridgehead atoms. The van der Waals surface area contributed by atoms with E-state index in [1.54, 1.807) is 31.4 Å². The number of aliphatic hydroxyl groups excluding tert-OH is 1. The van der Waals surface area contributed by atoms with Crippen LogP contribution in [-0.2, 0) is 19.1 Å². The number of amides is 3. The quantitative estimate of drug-likeness (QED) is 0.375. The maximum absolute atomic E-state index is 14.0. The van der Waals surface area contributed by atoms with Gasteiger partial charge in [0, 0.05) is 17.1 Å². The molecule has 3 unspecified atom stereocenters. The van der Waals surface area contributed by atoms with Gasteiger partial charge in [-0.2, -0.15) is 0 Å². The average molecular weight is 566 g/mol. The van der Waals surface area contributed by atoms with Gasteiger partial charge in [-0.05, 0) is 49.4 Å². The fraction of sp³-hybridized carbons (Fsp3) is 0.654. The van der Waals surface area contributed by atoms with Crippen molar-refractivity contribution >= 4 is 39.3 Å². The fourth-order valence-electron chi connectivity index (χ4n) is 6.13. The molecule has 1 spiro atoms. The topological polar surface area (TPSA) is 117 Å². The molecule has 0 aromatic heterocycles. The summed E-state index contributed by atoms with van der Waals surface area (Å²) < 4.78 is 11.7. The molecule has 0 saturated carbocycles. The molecular formula is C26H36BrN3O6. The Hall–Kier alpha value is -2.17. The van der Waals surface area contributed by atoms with E-state index in [9.17, 15) is 19.5 Å². The van der Waals surface area contributed by atoms with E-state index in [-0.39, 0.29) is 29.2 Å². The minimum Gasteiger partial charge on any atom is -0.497 e. The fourth-order valence-corrected chi connectivity index (χ4v) is 7.07. The van der Waals surface area contributed by atoms with Gasteiger partial charge in [0.1, 0.15) is 17.4 Å². The summed E-state index contributed by atoms with van der Waals surface area (Å²) in [6, 6.07) is 5.38. The Morgan fingerprint density at radius 3 is 2.56 bits per heavy atom. The van der Waals surface area contributed by atoms with Crippen molar-refractivity contribution in [3.63, 3.8) is 0 Å². The first kappa shape index (κ1) is 26.9. The predicted molar refractivity (Wildman–Crippen MR) is 138 cm³/mol. The molecule has 9 nitrogen and oxygen atoms in total. The zero-order chi connectivity index (χ0) is 26.2. The number of nitrogens with zero attached hydrogens (tertiary/aromatic N) is 1. The second-order valence-electron chi connectivity index (χ2n) is 10.4. The molecule has 10 heteroatoms. The zero-order valence-electron chi connectivity index (χ0n) is 21.2. The monoisotopic (exact) mass is 565 g/mol. The van der Waals surface area contributed by atoms with Gasteiger partial charge in [0.25, 0.3) is 0 Å². The number of nitrogens with one attached hydrogen (secondary N) is 2. The summed E-state index contributed by atoms with van der Waals surface area (Å²) in [5.74, 6) is -1.59. The Morgan fingerprint density at radius 2 is 1.97 bits per heavy atom. The first-order valence-electron chi connectivity index (χ1n) is 12.7. The molecule has 4 rings (SSSR count). The number of carbonyl (C=O) groups excluding carboxylic acids is 3. The molecule has 3 fully saturated rings. The molecule has 1 aromatic rings. The van der Waals surface area contributed by atoms with Gasteiger partial charge < -0.3 is 30.1 Å². The lowest BCUT2D eigenvalue weighted by molar-refractivity contribution is -0.144. The Kier molecular flexibility index (Phi) is 7.97. The molecule has 3 heterocycles. The smallest absolute Gasteiger partial charge is 0.250 e. The third-order valence-corrected chi connectivity index (χ3v) is 8.38. The highest BCUT2D eigenvalue weighted by atomic mass is 79.9. The lowest BCUT2D eigenvalue weighted by Crippen LogP contribution is -2.57. The first-order valence-corrected chi connectivity index (χ1v) is 13.6. The van der Waals surface area contributed by atoms with E-state index < -0.39 is 41.5 Å². The van der Waals surface area contributed by atoms with Crippen molar-refractivity contribution in [3.8, 4) is 5.75 Å². The van der Waals surface area contributed by atoms with Crippen LogP contribution in [0.3, 0.4) is 0 Å². The first-order chi connectivity index (χ1) is 17.2. The third-order valence-electron chi connectivity index (χ3n) is 7.53. The van der Waals surface area contributed by atoms with Crippen molar-refractivity contribution < 1.29 is 29.0 Å². The van der Waals surface area contributed by atoms with Crippen LogP contribution in [0.5, 0.6) is 5.75 Å². The number of methoxy groups -OCH3 is 1. The average Bonchev–Trinajstić information content (AvgIpc) is 3.44. The second-order valence-corrected chi connectivity index (χ2v) is 11.6. The number of carbonyl (C=O) groups is 3. The van der Waals surface area contributed by atoms with Crippen molar-refractivity contribution in [1.82, 2.24) is 10.2 Å². The van der Waals surface area contributed by atoms with Gasteiger partial charge in [0.05, 0.1) is 37.7 Å². The van der Waals surface area contributed by atoms with Gasteiger partial charge in [-0.1, -0.05) is 36.7 Å². The van der Waals surface area contributed by atoms with E-state index in [0.717, 1.165) is 6.42 Å². The molecule has 3 aliphatic rings. The number of fused-ring (bicyclic) bond motifs is 1. The number of likely N-dealkylation sites (tertiary alicyclic amines) is 1. The summed E-state index contributed by atoms with van der Waals surface area (Å²) >= 11 is 3.67. The number of hydrogen-bond acceptors (Lipinski definition) is 6. The highest BCUT2D eigenvalue weighted by molar-refractivity contribution is 9.09. The molecule has 3 saturated heterocycles. The van der Waals surface area contributed by atoms with Crippen LogP contribution in [0.2, 0.25) is 0 Å². The molecule has 3 N–H and O–H groups in total. The molecule has 198 valence electrons. The number of anilines is 1. The van der Waals surface area contributed by atoms with Crippen molar-refractivity contribution in [3.05, 3.63) is 24.3 Å². The normalized spacial score (nSPS) is 31.5. The molecule has 36 heavy (non-hydrogen) atoms. The van der Waals surface area contributed by atoms with Crippen LogP contribution >= 0.6 is 15.9 Å². The number of ether oxygens (including phenoxy) is 2. The van der Waals surface area contributed by atoms with Crippen LogP contribution in [0.15, 0.2) is 24.3 Å². The third kappa shape index (κ3) is 4.52. The maximum atomic E-state index is 14.0. The minimum absolute atomic E-state index is 0.173. The van der Waals surface area contributed by atoms with E-state index in [4.69, 9.17) is 9.47 Å². The summed E-state index contributed by atoms with van der Waals surface area (Å²) in [5.41, 5.74) is -0.608. The van der Waals surface area contributed by atoms with Crippen LogP contribution in [0.25, 0.3) is 0 Å². The van der Waals surface area contributed by atoms with Crippen molar-refractivity contribution in [1.29, 1.82) is 0 Å². The molecule has 3 amide bonds. The van der Waals surface area contributed by atoms with Crippen molar-refractivity contribution in [2.75, 3.05) is 25.6 Å². The van der Waals surface area contributed by atoms with Crippen LogP contribution in [0.4, 0.5) is 5.69 Å². The largest absolute Gasteiger partial charge is 0.497 e. The summed E-state index contributed by atoms with van der Waals surface area (Å²) in [5, 5.41) is 16.2. The molecule has 0 radical (unpaired) electrons. The van der Waals surface area contributed by atoms with E-state index in [1.165, 1.54) is 4.90 Å². The Morgan fingerprint density at radius 1 is 1.28 bits per heavy atom. The van der Waals surface area contributed by atoms with Gasteiger partial charge in [-0.25, -0.2) is 0 Å². The maximum Gasteiger partial charge on any atom is 0.250 e. The number of hydrogen-bond donors (Lipinski definition) is 3. The standard InChI is InChI=1S/C26H36BrN3O6/c1-5-10-28-23(32)19-20-25(34)30(16(13-31)11-14(2)3)22(26(20)12-18(27)21(19)36-26)24(33)29-15-6-8-17(35-4)9-7-15/h6-9,14,16,18-22,31H,5,10-13H2,1-4H3,(H,28,32)(H,29,33)/t16-,18?,19+,20+,21+,22?,26?/m1/s1. The van der Waals surface area contributed by atoms with Gasteiger partial charge in [-0.3, -0.25) is 14.4 Å². The van der Waals surface area contributed by atoms with Crippen LogP contribution in [0.1, 0.15) is 40.0 Å². The second kappa shape index (κ2) is 10.7. The lowest BCUT2D eigenvalue weighted by atomic mass is 9.70. The highest BCUT2D eigenvalue weighted by Gasteiger charge is 2.77. The van der Waals surface area contributed by atoms with Crippen molar-refractivity contribution in [2.45, 2.75) is 68.6 Å². The zero-order valence-corrected chi connectivity index (χ0v) is 22.8. The molecular weight excluding hydrogens is 530 g/mol. The molecule has 7 atom stereocenters. The highest BCUT2D eigenvalue weighted by Crippen LogP contribution is 2.60. The van der Waals surface area contributed by atoms with Gasteiger partial charge in [0.15, 0.2) is 0 Å². The summed E-state index contributed by atoms with van der Waals surface area (Å²) in [4.78, 5) is 42.5. The SMILES string of the molecule is CCCNC(=O)[C@H]1[C@H]2C(=O)N([C@@H](CO)CC(C)C)C(C(=O)Nc3ccc(OC)cc3)C23CC(Br)[C@@H]1O3. The molecule has 1 aromatic carbocycles. The minimum atomic E-state index is -1.16. The van der Waals surface area contributed by atoms with Crippen LogP contribution in [-0.4, -0.2) is 76.6 Å². The number of rotatable bonds is 10. The summed E-state index contributed by atoms with van der Waals surface area (Å²) in [7, 11) is 1.57. The van der Waals surface area contributed by atoms with E-state index in [0.29, 0.717) is 30.8 Å². The van der Waals surface area contributed by atoms with Gasteiger partial charge >= 0.3 is 0 Å². The van der Waals surface area contributed by atoms with Crippen molar-refractivity contribution in [2.24, 2.45) is 17.8 Å².